The van der Waals surface area contributed by atoms with Crippen LogP contribution in [0.15, 0.2) is 35.4 Å². The summed E-state index contributed by atoms with van der Waals surface area (Å²) in [5, 5.41) is 17.5. The first-order chi connectivity index (χ1) is 18.3. The van der Waals surface area contributed by atoms with E-state index in [1.165, 1.54) is 15.6 Å². The van der Waals surface area contributed by atoms with Crippen molar-refractivity contribution in [1.82, 2.24) is 19.2 Å². The average molecular weight is 539 g/mol. The fourth-order valence-corrected chi connectivity index (χ4v) is 4.84. The Labute approximate surface area is 227 Å². The predicted octanol–water partition coefficient (Wildman–Crippen LogP) is 4.71. The lowest BCUT2D eigenvalue weighted by Gasteiger charge is -2.25. The third kappa shape index (κ3) is 6.47. The zero-order valence-corrected chi connectivity index (χ0v) is 23.5. The van der Waals surface area contributed by atoms with E-state index < -0.39 is 11.7 Å². The first-order valence-corrected chi connectivity index (χ1v) is 13.4. The lowest BCUT2D eigenvalue weighted by Crippen LogP contribution is -2.35. The lowest BCUT2D eigenvalue weighted by molar-refractivity contribution is 0.0587. The summed E-state index contributed by atoms with van der Waals surface area (Å²) in [6.45, 7) is 9.15. The van der Waals surface area contributed by atoms with Gasteiger partial charge in [0.2, 0.25) is 0 Å². The van der Waals surface area contributed by atoms with Crippen LogP contribution in [0.5, 0.6) is 0 Å². The second-order valence-corrected chi connectivity index (χ2v) is 11.5. The largest absolute Gasteiger partial charge is 0.443 e. The van der Waals surface area contributed by atoms with Gasteiger partial charge in [0.15, 0.2) is 11.4 Å². The summed E-state index contributed by atoms with van der Waals surface area (Å²) in [5.41, 5.74) is -0.0770. The second kappa shape index (κ2) is 11.2. The Hall–Kier alpha value is -3.73. The number of hydrogen-bond acceptors (Lipinski definition) is 8. The first kappa shape index (κ1) is 28.3. The highest BCUT2D eigenvalue weighted by molar-refractivity contribution is 6.02. The summed E-state index contributed by atoms with van der Waals surface area (Å²) < 4.78 is 8.57. The molecule has 0 unspecified atom stereocenters. The number of aliphatic hydroxyl groups is 1. The van der Waals surface area contributed by atoms with Crippen molar-refractivity contribution in [1.29, 1.82) is 0 Å². The molecular weight excluding hydrogens is 500 g/mol. The molecule has 0 aliphatic heterocycles. The molecule has 11 nitrogen and oxygen atoms in total. The summed E-state index contributed by atoms with van der Waals surface area (Å²) >= 11 is 0. The molecule has 0 saturated heterocycles. The van der Waals surface area contributed by atoms with Gasteiger partial charge in [-0.1, -0.05) is 6.42 Å². The number of carbonyl (C=O) groups excluding carboxylic acids is 2. The summed E-state index contributed by atoms with van der Waals surface area (Å²) in [5.74, 6) is 0.528. The number of nitrogens with one attached hydrogen (secondary N) is 1. The van der Waals surface area contributed by atoms with Crippen LogP contribution < -0.4 is 15.8 Å². The van der Waals surface area contributed by atoms with Crippen LogP contribution in [-0.2, 0) is 4.74 Å². The fraction of sp³-hybridized carbons (Fsp3) is 0.536. The number of aliphatic hydroxyl groups excluding tert-OH is 1. The SMILES string of the molecule is CC(C)n1cccc(Nc2cc(N(C)C(=O)OC(C)(C)C)n3ncc(C(=O)C[C@H]4CCC[C@H](O)C4)c3n2)c1=O. The van der Waals surface area contributed by atoms with Gasteiger partial charge in [0.1, 0.15) is 22.9 Å². The smallest absolute Gasteiger partial charge is 0.415 e. The van der Waals surface area contributed by atoms with Crippen molar-refractivity contribution < 1.29 is 19.4 Å². The number of fused-ring (bicyclic) bond motifs is 1. The van der Waals surface area contributed by atoms with Gasteiger partial charge in [-0.2, -0.15) is 9.61 Å². The van der Waals surface area contributed by atoms with Crippen molar-refractivity contribution in [2.45, 2.75) is 84.5 Å². The Morgan fingerprint density at radius 1 is 1.28 bits per heavy atom. The highest BCUT2D eigenvalue weighted by atomic mass is 16.6. The lowest BCUT2D eigenvalue weighted by atomic mass is 9.83. The monoisotopic (exact) mass is 538 g/mol. The molecule has 210 valence electrons. The molecule has 0 radical (unpaired) electrons. The number of hydrogen-bond donors (Lipinski definition) is 2. The Bertz CT molecular complexity index is 1420. The molecule has 1 amide bonds. The molecule has 0 aromatic carbocycles. The number of carbonyl (C=O) groups is 2. The summed E-state index contributed by atoms with van der Waals surface area (Å²) in [7, 11) is 1.55. The van der Waals surface area contributed by atoms with Gasteiger partial charge >= 0.3 is 6.09 Å². The quantitative estimate of drug-likeness (QED) is 0.414. The van der Waals surface area contributed by atoms with Crippen LogP contribution in [0, 0.1) is 5.92 Å². The number of anilines is 3. The van der Waals surface area contributed by atoms with Gasteiger partial charge in [-0.25, -0.2) is 9.78 Å². The van der Waals surface area contributed by atoms with Gasteiger partial charge in [-0.3, -0.25) is 14.5 Å². The molecular formula is C28H38N6O5. The highest BCUT2D eigenvalue weighted by Gasteiger charge is 2.28. The zero-order chi connectivity index (χ0) is 28.5. The van der Waals surface area contributed by atoms with E-state index >= 15 is 0 Å². The number of nitrogens with zero attached hydrogens (tertiary/aromatic N) is 5. The van der Waals surface area contributed by atoms with Crippen LogP contribution in [-0.4, -0.2) is 54.9 Å². The third-order valence-corrected chi connectivity index (χ3v) is 6.79. The van der Waals surface area contributed by atoms with Gasteiger partial charge in [-0.15, -0.1) is 0 Å². The molecule has 1 aliphatic rings. The average Bonchev–Trinajstić information content (AvgIpc) is 3.27. The molecule has 2 atom stereocenters. The molecule has 1 saturated carbocycles. The topological polar surface area (TPSA) is 131 Å². The Kier molecular flexibility index (Phi) is 8.10. The minimum absolute atomic E-state index is 0.0408. The minimum atomic E-state index is -0.722. The zero-order valence-electron chi connectivity index (χ0n) is 23.5. The number of ketones is 1. The van der Waals surface area contributed by atoms with E-state index in [1.807, 2.05) is 13.8 Å². The Morgan fingerprint density at radius 3 is 2.69 bits per heavy atom. The fourth-order valence-electron chi connectivity index (χ4n) is 4.84. The van der Waals surface area contributed by atoms with E-state index in [2.05, 4.69) is 15.4 Å². The maximum absolute atomic E-state index is 13.4. The van der Waals surface area contributed by atoms with Crippen LogP contribution in [0.3, 0.4) is 0 Å². The van der Waals surface area contributed by atoms with E-state index in [0.717, 1.165) is 19.3 Å². The molecule has 0 spiro atoms. The summed E-state index contributed by atoms with van der Waals surface area (Å²) in [4.78, 5) is 45.3. The van der Waals surface area contributed by atoms with Crippen molar-refractivity contribution in [3.8, 4) is 0 Å². The second-order valence-electron chi connectivity index (χ2n) is 11.5. The van der Waals surface area contributed by atoms with Crippen LogP contribution in [0.25, 0.3) is 5.65 Å². The number of rotatable bonds is 7. The van der Waals surface area contributed by atoms with Gasteiger partial charge in [0, 0.05) is 31.8 Å². The van der Waals surface area contributed by atoms with Crippen LogP contribution in [0.4, 0.5) is 22.1 Å². The van der Waals surface area contributed by atoms with Crippen molar-refractivity contribution in [2.24, 2.45) is 5.92 Å². The highest BCUT2D eigenvalue weighted by Crippen LogP contribution is 2.30. The van der Waals surface area contributed by atoms with Gasteiger partial charge < -0.3 is 19.7 Å². The number of ether oxygens (including phenoxy) is 1. The van der Waals surface area contributed by atoms with Crippen molar-refractivity contribution >= 4 is 34.8 Å². The van der Waals surface area contributed by atoms with Crippen molar-refractivity contribution in [3.63, 3.8) is 0 Å². The number of Topliss-reactive ketones (excluding diaryl/α,β-unsaturated/α-hetero) is 1. The predicted molar refractivity (Wildman–Crippen MR) is 149 cm³/mol. The van der Waals surface area contributed by atoms with Crippen LogP contribution in [0.2, 0.25) is 0 Å². The van der Waals surface area contributed by atoms with Crippen molar-refractivity contribution in [2.75, 3.05) is 17.3 Å². The van der Waals surface area contributed by atoms with Gasteiger partial charge in [0.25, 0.3) is 5.56 Å². The summed E-state index contributed by atoms with van der Waals surface area (Å²) in [6.07, 6.45) is 5.56. The maximum atomic E-state index is 13.4. The van der Waals surface area contributed by atoms with Crippen LogP contribution >= 0.6 is 0 Å². The number of pyridine rings is 1. The van der Waals surface area contributed by atoms with E-state index in [0.29, 0.717) is 23.5 Å². The van der Waals surface area contributed by atoms with Gasteiger partial charge in [-0.05, 0) is 71.9 Å². The molecule has 4 rings (SSSR count). The molecule has 3 aromatic rings. The molecule has 39 heavy (non-hydrogen) atoms. The standard InChI is InChI=1S/C28H38N6O5/c1-17(2)33-12-8-11-21(26(33)37)30-23-15-24(32(6)27(38)39-28(3,4)5)34-25(31-23)20(16-29-34)22(36)14-18-9-7-10-19(35)13-18/h8,11-12,15-19,35H,7,9-10,13-14H2,1-6H3,(H,30,31)/t18-,19-/m0/s1. The van der Waals surface area contributed by atoms with E-state index in [9.17, 15) is 19.5 Å². The molecule has 1 fully saturated rings. The number of amides is 1. The molecule has 0 bridgehead atoms. The van der Waals surface area contributed by atoms with Gasteiger partial charge in [0.05, 0.1) is 17.9 Å². The molecule has 1 aliphatic carbocycles. The molecule has 3 heterocycles. The van der Waals surface area contributed by atoms with E-state index in [4.69, 9.17) is 4.74 Å². The minimum Gasteiger partial charge on any atom is -0.443 e. The Balaban J connectivity index is 1.76. The van der Waals surface area contributed by atoms with Crippen molar-refractivity contribution in [3.05, 3.63) is 46.5 Å². The molecule has 2 N–H and O–H groups in total. The molecule has 3 aromatic heterocycles. The normalized spacial score (nSPS) is 17.8. The van der Waals surface area contributed by atoms with E-state index in [1.54, 1.807) is 56.8 Å². The summed E-state index contributed by atoms with van der Waals surface area (Å²) in [6, 6.07) is 4.96. The Morgan fingerprint density at radius 2 is 2.03 bits per heavy atom. The maximum Gasteiger partial charge on any atom is 0.415 e. The first-order valence-electron chi connectivity index (χ1n) is 13.4. The van der Waals surface area contributed by atoms with Crippen LogP contribution in [0.1, 0.15) is 83.1 Å². The number of aromatic nitrogens is 4. The third-order valence-electron chi connectivity index (χ3n) is 6.79. The molecule has 11 heteroatoms. The van der Waals surface area contributed by atoms with E-state index in [-0.39, 0.29) is 47.3 Å².